The molecule has 0 bridgehead atoms. The van der Waals surface area contributed by atoms with Gasteiger partial charge in [-0.05, 0) is 28.1 Å². The van der Waals surface area contributed by atoms with Gasteiger partial charge in [0.15, 0.2) is 11.5 Å². The molecule has 0 aromatic heterocycles. The number of halogens is 1. The molecule has 0 aliphatic heterocycles. The number of carbonyl (C=O) groups is 1. The minimum absolute atomic E-state index is 0.337. The molecule has 4 heteroatoms. The van der Waals surface area contributed by atoms with Crippen molar-refractivity contribution in [1.29, 1.82) is 0 Å². The maximum absolute atomic E-state index is 10.8. The average molecular weight is 269 g/mol. The van der Waals surface area contributed by atoms with E-state index in [0.717, 1.165) is 0 Å². The molecule has 15 heavy (non-hydrogen) atoms. The maximum atomic E-state index is 10.8. The van der Waals surface area contributed by atoms with Gasteiger partial charge in [-0.15, -0.1) is 6.42 Å². The zero-order chi connectivity index (χ0) is 11.4. The number of terminal acetylenes is 1. The van der Waals surface area contributed by atoms with E-state index in [4.69, 9.17) is 15.9 Å². The van der Waals surface area contributed by atoms with E-state index in [1.807, 2.05) is 0 Å². The van der Waals surface area contributed by atoms with Crippen LogP contribution in [0.3, 0.4) is 0 Å². The molecule has 0 heterocycles. The number of benzene rings is 1. The molecule has 0 aliphatic carbocycles. The summed E-state index contributed by atoms with van der Waals surface area (Å²) in [6.45, 7) is 1.32. The van der Waals surface area contributed by atoms with E-state index >= 15 is 0 Å². The fraction of sp³-hybridized carbons (Fsp3) is 0.182. The summed E-state index contributed by atoms with van der Waals surface area (Å²) in [5, 5.41) is 0. The van der Waals surface area contributed by atoms with Gasteiger partial charge < -0.3 is 9.47 Å². The van der Waals surface area contributed by atoms with Crippen molar-refractivity contribution >= 4 is 21.9 Å². The Morgan fingerprint density at radius 1 is 1.53 bits per heavy atom. The van der Waals surface area contributed by atoms with Crippen LogP contribution in [0.4, 0.5) is 0 Å². The molecule has 0 saturated heterocycles. The second kappa shape index (κ2) is 4.85. The molecule has 78 valence electrons. The highest BCUT2D eigenvalue weighted by Crippen LogP contribution is 2.36. The number of rotatable bonds is 2. The molecule has 1 aromatic rings. The minimum Gasteiger partial charge on any atom is -0.493 e. The first-order chi connectivity index (χ1) is 7.08. The standard InChI is InChI=1S/C11H9BrO3/c1-4-8-5-9(12)11(15-7(2)13)10(6-8)14-3/h1,5-6H,2-3H3. The smallest absolute Gasteiger partial charge is 0.308 e. The molecule has 0 N–H and O–H groups in total. The zero-order valence-electron chi connectivity index (χ0n) is 8.33. The topological polar surface area (TPSA) is 35.5 Å². The van der Waals surface area contributed by atoms with Crippen LogP contribution >= 0.6 is 15.9 Å². The molecular weight excluding hydrogens is 260 g/mol. The first kappa shape index (κ1) is 11.6. The molecule has 0 amide bonds. The van der Waals surface area contributed by atoms with Gasteiger partial charge in [0.2, 0.25) is 0 Å². The van der Waals surface area contributed by atoms with E-state index in [2.05, 4.69) is 21.9 Å². The first-order valence-electron chi connectivity index (χ1n) is 4.11. The van der Waals surface area contributed by atoms with Crippen LogP contribution in [0, 0.1) is 12.3 Å². The van der Waals surface area contributed by atoms with Crippen molar-refractivity contribution in [1.82, 2.24) is 0 Å². The molecule has 0 saturated carbocycles. The van der Waals surface area contributed by atoms with Crippen LogP contribution < -0.4 is 9.47 Å². The number of esters is 1. The summed E-state index contributed by atoms with van der Waals surface area (Å²) in [4.78, 5) is 10.8. The van der Waals surface area contributed by atoms with Crippen LogP contribution in [0.2, 0.25) is 0 Å². The number of hydrogen-bond acceptors (Lipinski definition) is 3. The Bertz CT molecular complexity index is 432. The SMILES string of the molecule is C#Cc1cc(Br)c(OC(C)=O)c(OC)c1. The minimum atomic E-state index is -0.414. The number of methoxy groups -OCH3 is 1. The third-order valence-electron chi connectivity index (χ3n) is 1.64. The molecule has 3 nitrogen and oxygen atoms in total. The van der Waals surface area contributed by atoms with Crippen LogP contribution in [-0.4, -0.2) is 13.1 Å². The lowest BCUT2D eigenvalue weighted by molar-refractivity contribution is -0.132. The maximum Gasteiger partial charge on any atom is 0.308 e. The highest BCUT2D eigenvalue weighted by Gasteiger charge is 2.12. The van der Waals surface area contributed by atoms with Gasteiger partial charge in [-0.3, -0.25) is 4.79 Å². The molecule has 0 spiro atoms. The highest BCUT2D eigenvalue weighted by molar-refractivity contribution is 9.10. The van der Waals surface area contributed by atoms with Gasteiger partial charge in [-0.1, -0.05) is 5.92 Å². The number of hydrogen-bond donors (Lipinski definition) is 0. The predicted octanol–water partition coefficient (Wildman–Crippen LogP) is 2.36. The average Bonchev–Trinajstić information content (AvgIpc) is 2.20. The summed E-state index contributed by atoms with van der Waals surface area (Å²) < 4.78 is 10.6. The van der Waals surface area contributed by atoms with E-state index < -0.39 is 5.97 Å². The van der Waals surface area contributed by atoms with E-state index in [0.29, 0.717) is 21.5 Å². The lowest BCUT2D eigenvalue weighted by atomic mass is 10.2. The molecular formula is C11H9BrO3. The lowest BCUT2D eigenvalue weighted by Gasteiger charge is -2.10. The summed E-state index contributed by atoms with van der Waals surface area (Å²) in [6.07, 6.45) is 5.26. The van der Waals surface area contributed by atoms with Crippen LogP contribution in [0.15, 0.2) is 16.6 Å². The van der Waals surface area contributed by atoms with Crippen molar-refractivity contribution in [3.63, 3.8) is 0 Å². The van der Waals surface area contributed by atoms with Crippen molar-refractivity contribution in [2.45, 2.75) is 6.92 Å². The Balaban J connectivity index is 3.25. The van der Waals surface area contributed by atoms with E-state index in [1.165, 1.54) is 14.0 Å². The van der Waals surface area contributed by atoms with Crippen LogP contribution in [0.25, 0.3) is 0 Å². The van der Waals surface area contributed by atoms with Gasteiger partial charge >= 0.3 is 5.97 Å². The van der Waals surface area contributed by atoms with Crippen molar-refractivity contribution in [2.24, 2.45) is 0 Å². The molecule has 0 unspecified atom stereocenters. The highest BCUT2D eigenvalue weighted by atomic mass is 79.9. The van der Waals surface area contributed by atoms with Crippen LogP contribution in [0.5, 0.6) is 11.5 Å². The van der Waals surface area contributed by atoms with E-state index in [9.17, 15) is 4.79 Å². The third kappa shape index (κ3) is 2.74. The quantitative estimate of drug-likeness (QED) is 0.469. The van der Waals surface area contributed by atoms with Gasteiger partial charge in [0.25, 0.3) is 0 Å². The Kier molecular flexibility index (Phi) is 3.75. The van der Waals surface area contributed by atoms with Crippen LogP contribution in [-0.2, 0) is 4.79 Å². The second-order valence-corrected chi connectivity index (χ2v) is 3.58. The largest absolute Gasteiger partial charge is 0.493 e. The number of ether oxygens (including phenoxy) is 2. The third-order valence-corrected chi connectivity index (χ3v) is 2.23. The summed E-state index contributed by atoms with van der Waals surface area (Å²) in [5.74, 6) is 2.82. The lowest BCUT2D eigenvalue weighted by Crippen LogP contribution is -2.04. The Morgan fingerprint density at radius 3 is 2.67 bits per heavy atom. The molecule has 0 radical (unpaired) electrons. The second-order valence-electron chi connectivity index (χ2n) is 2.73. The Labute approximate surface area is 96.5 Å². The summed E-state index contributed by atoms with van der Waals surface area (Å²) in [5.41, 5.74) is 0.648. The van der Waals surface area contributed by atoms with Gasteiger partial charge in [0.05, 0.1) is 11.6 Å². The van der Waals surface area contributed by atoms with Crippen LogP contribution in [0.1, 0.15) is 12.5 Å². The predicted molar refractivity (Wildman–Crippen MR) is 59.9 cm³/mol. The Hall–Kier alpha value is -1.47. The van der Waals surface area contributed by atoms with Crippen molar-refractivity contribution in [3.05, 3.63) is 22.2 Å². The van der Waals surface area contributed by atoms with E-state index in [-0.39, 0.29) is 0 Å². The summed E-state index contributed by atoms with van der Waals surface area (Å²) in [7, 11) is 1.48. The van der Waals surface area contributed by atoms with Gasteiger partial charge in [0.1, 0.15) is 0 Å². The van der Waals surface area contributed by atoms with E-state index in [1.54, 1.807) is 12.1 Å². The van der Waals surface area contributed by atoms with Crippen molar-refractivity contribution in [3.8, 4) is 23.8 Å². The zero-order valence-corrected chi connectivity index (χ0v) is 9.92. The van der Waals surface area contributed by atoms with Gasteiger partial charge in [0, 0.05) is 12.5 Å². The fourth-order valence-electron chi connectivity index (χ4n) is 1.05. The molecule has 1 rings (SSSR count). The molecule has 0 atom stereocenters. The van der Waals surface area contributed by atoms with Gasteiger partial charge in [-0.2, -0.15) is 0 Å². The first-order valence-corrected chi connectivity index (χ1v) is 4.90. The van der Waals surface area contributed by atoms with Crippen molar-refractivity contribution < 1.29 is 14.3 Å². The normalized spacial score (nSPS) is 9.20. The molecule has 1 aromatic carbocycles. The monoisotopic (exact) mass is 268 g/mol. The summed E-state index contributed by atoms with van der Waals surface area (Å²) in [6, 6.07) is 3.31. The van der Waals surface area contributed by atoms with Gasteiger partial charge in [-0.25, -0.2) is 0 Å². The summed E-state index contributed by atoms with van der Waals surface area (Å²) >= 11 is 3.26. The molecule has 0 fully saturated rings. The van der Waals surface area contributed by atoms with Crippen molar-refractivity contribution in [2.75, 3.05) is 7.11 Å². The number of carbonyl (C=O) groups excluding carboxylic acids is 1. The Morgan fingerprint density at radius 2 is 2.20 bits per heavy atom. The molecule has 0 aliphatic rings. The fourth-order valence-corrected chi connectivity index (χ4v) is 1.57.